The highest BCUT2D eigenvalue weighted by Crippen LogP contribution is 2.24. The molecule has 4 aromatic rings. The maximum absolute atomic E-state index is 12.5. The Morgan fingerprint density at radius 1 is 1.07 bits per heavy atom. The Balaban J connectivity index is 1.47. The van der Waals surface area contributed by atoms with Gasteiger partial charge >= 0.3 is 0 Å². The molecule has 7 nitrogen and oxygen atoms in total. The van der Waals surface area contributed by atoms with Gasteiger partial charge in [0.15, 0.2) is 11.0 Å². The second kappa shape index (κ2) is 8.18. The standard InChI is InChI=1S/C20H18N6OS/c1-2-26-19(15-8-11-21-12-9-15)24-25-20(26)28-13-17(27)23-16-7-3-5-14-6-4-10-22-18(14)16/h3-12H,2,13H2,1H3,(H,23,27). The fourth-order valence-electron chi connectivity index (χ4n) is 2.92. The minimum atomic E-state index is -0.112. The van der Waals surface area contributed by atoms with Crippen molar-refractivity contribution in [3.05, 3.63) is 61.1 Å². The molecular weight excluding hydrogens is 372 g/mol. The highest BCUT2D eigenvalue weighted by atomic mass is 32.2. The largest absolute Gasteiger partial charge is 0.323 e. The van der Waals surface area contributed by atoms with Gasteiger partial charge in [0.25, 0.3) is 0 Å². The Kier molecular flexibility index (Phi) is 5.29. The zero-order valence-corrected chi connectivity index (χ0v) is 16.1. The number of hydrogen-bond donors (Lipinski definition) is 1. The van der Waals surface area contributed by atoms with Crippen LogP contribution in [0.25, 0.3) is 22.3 Å². The summed E-state index contributed by atoms with van der Waals surface area (Å²) in [6, 6.07) is 13.4. The lowest BCUT2D eigenvalue weighted by Crippen LogP contribution is -2.15. The van der Waals surface area contributed by atoms with Crippen LogP contribution in [0.4, 0.5) is 5.69 Å². The SMILES string of the molecule is CCn1c(SCC(=O)Nc2cccc3cccnc23)nnc1-c1ccncc1. The summed E-state index contributed by atoms with van der Waals surface area (Å²) < 4.78 is 1.99. The highest BCUT2D eigenvalue weighted by Gasteiger charge is 2.15. The molecule has 0 radical (unpaired) electrons. The Morgan fingerprint density at radius 2 is 1.89 bits per heavy atom. The monoisotopic (exact) mass is 390 g/mol. The maximum atomic E-state index is 12.5. The van der Waals surface area contributed by atoms with Crippen LogP contribution in [0.15, 0.2) is 66.2 Å². The van der Waals surface area contributed by atoms with Gasteiger partial charge in [-0.2, -0.15) is 0 Å². The van der Waals surface area contributed by atoms with Crippen molar-refractivity contribution in [2.75, 3.05) is 11.1 Å². The van der Waals surface area contributed by atoms with Crippen molar-refractivity contribution in [1.29, 1.82) is 0 Å². The van der Waals surface area contributed by atoms with Gasteiger partial charge in [0, 0.05) is 36.1 Å². The Hall–Kier alpha value is -3.26. The lowest BCUT2D eigenvalue weighted by atomic mass is 10.2. The molecule has 0 saturated heterocycles. The summed E-state index contributed by atoms with van der Waals surface area (Å²) in [5.74, 6) is 0.892. The first-order valence-corrected chi connectivity index (χ1v) is 9.85. The molecule has 1 amide bonds. The fraction of sp³-hybridized carbons (Fsp3) is 0.150. The number of nitrogens with one attached hydrogen (secondary N) is 1. The average molecular weight is 390 g/mol. The van der Waals surface area contributed by atoms with E-state index in [0.717, 1.165) is 22.3 Å². The van der Waals surface area contributed by atoms with Crippen molar-refractivity contribution in [2.45, 2.75) is 18.6 Å². The molecule has 0 saturated carbocycles. The zero-order chi connectivity index (χ0) is 19.3. The van der Waals surface area contributed by atoms with Gasteiger partial charge < -0.3 is 9.88 Å². The minimum absolute atomic E-state index is 0.112. The molecule has 0 bridgehead atoms. The van der Waals surface area contributed by atoms with Gasteiger partial charge in [-0.25, -0.2) is 0 Å². The predicted molar refractivity (Wildman–Crippen MR) is 110 cm³/mol. The smallest absolute Gasteiger partial charge is 0.234 e. The van der Waals surface area contributed by atoms with Crippen LogP contribution in [0, 0.1) is 0 Å². The molecule has 0 atom stereocenters. The molecule has 3 aromatic heterocycles. The third-order valence-electron chi connectivity index (χ3n) is 4.21. The third kappa shape index (κ3) is 3.72. The van der Waals surface area contributed by atoms with E-state index in [-0.39, 0.29) is 11.7 Å². The van der Waals surface area contributed by atoms with Crippen LogP contribution >= 0.6 is 11.8 Å². The van der Waals surface area contributed by atoms with E-state index in [9.17, 15) is 4.79 Å². The maximum Gasteiger partial charge on any atom is 0.234 e. The van der Waals surface area contributed by atoms with Crippen molar-refractivity contribution in [3.63, 3.8) is 0 Å². The van der Waals surface area contributed by atoms with Crippen LogP contribution in [0.5, 0.6) is 0 Å². The van der Waals surface area contributed by atoms with Crippen LogP contribution in [0.3, 0.4) is 0 Å². The van der Waals surface area contributed by atoms with Gasteiger partial charge in [0.2, 0.25) is 5.91 Å². The number of rotatable bonds is 6. The van der Waals surface area contributed by atoms with E-state index in [2.05, 4.69) is 25.5 Å². The number of hydrogen-bond acceptors (Lipinski definition) is 6. The Morgan fingerprint density at radius 3 is 2.71 bits per heavy atom. The first-order chi connectivity index (χ1) is 13.8. The van der Waals surface area contributed by atoms with Gasteiger partial charge in [-0.15, -0.1) is 10.2 Å². The molecule has 0 aliphatic heterocycles. The van der Waals surface area contributed by atoms with Crippen LogP contribution < -0.4 is 5.32 Å². The predicted octanol–water partition coefficient (Wildman–Crippen LogP) is 3.64. The first kappa shape index (κ1) is 18.1. The van der Waals surface area contributed by atoms with E-state index >= 15 is 0 Å². The molecule has 8 heteroatoms. The van der Waals surface area contributed by atoms with Crippen LogP contribution in [0.1, 0.15) is 6.92 Å². The topological polar surface area (TPSA) is 85.6 Å². The Labute approximate surface area is 166 Å². The van der Waals surface area contributed by atoms with Gasteiger partial charge in [-0.1, -0.05) is 30.0 Å². The normalized spacial score (nSPS) is 10.9. The van der Waals surface area contributed by atoms with Gasteiger partial charge in [-0.3, -0.25) is 14.8 Å². The number of fused-ring (bicyclic) bond motifs is 1. The van der Waals surface area contributed by atoms with Crippen LogP contribution in [-0.2, 0) is 11.3 Å². The van der Waals surface area contributed by atoms with E-state index in [1.165, 1.54) is 11.8 Å². The molecular formula is C20H18N6OS. The molecule has 0 fully saturated rings. The summed E-state index contributed by atoms with van der Waals surface area (Å²) in [6.45, 7) is 2.74. The average Bonchev–Trinajstić information content (AvgIpc) is 3.16. The second-order valence-electron chi connectivity index (χ2n) is 6.00. The number of anilines is 1. The number of carbonyl (C=O) groups excluding carboxylic acids is 1. The highest BCUT2D eigenvalue weighted by molar-refractivity contribution is 7.99. The summed E-state index contributed by atoms with van der Waals surface area (Å²) in [5.41, 5.74) is 2.43. The number of amides is 1. The van der Waals surface area contributed by atoms with Gasteiger partial charge in [0.05, 0.1) is 17.0 Å². The van der Waals surface area contributed by atoms with E-state index in [1.807, 2.05) is 54.0 Å². The van der Waals surface area contributed by atoms with E-state index in [4.69, 9.17) is 0 Å². The van der Waals surface area contributed by atoms with Gasteiger partial charge in [-0.05, 0) is 31.2 Å². The number of aromatic nitrogens is 5. The van der Waals surface area contributed by atoms with Crippen molar-refractivity contribution < 1.29 is 4.79 Å². The molecule has 1 aromatic carbocycles. The van der Waals surface area contributed by atoms with Crippen molar-refractivity contribution in [3.8, 4) is 11.4 Å². The Bertz CT molecular complexity index is 1110. The van der Waals surface area contributed by atoms with E-state index < -0.39 is 0 Å². The molecule has 0 aliphatic carbocycles. The number of para-hydroxylation sites is 1. The minimum Gasteiger partial charge on any atom is -0.323 e. The summed E-state index contributed by atoms with van der Waals surface area (Å²) >= 11 is 1.36. The number of thioether (sulfide) groups is 1. The molecule has 3 heterocycles. The molecule has 140 valence electrons. The number of pyridine rings is 2. The van der Waals surface area contributed by atoms with Crippen LogP contribution in [0.2, 0.25) is 0 Å². The van der Waals surface area contributed by atoms with Crippen molar-refractivity contribution in [2.24, 2.45) is 0 Å². The third-order valence-corrected chi connectivity index (χ3v) is 5.18. The van der Waals surface area contributed by atoms with Crippen molar-refractivity contribution in [1.82, 2.24) is 24.7 Å². The molecule has 0 unspecified atom stereocenters. The molecule has 0 spiro atoms. The summed E-state index contributed by atoms with van der Waals surface area (Å²) in [4.78, 5) is 20.9. The molecule has 0 aliphatic rings. The summed E-state index contributed by atoms with van der Waals surface area (Å²) in [5, 5.41) is 13.2. The second-order valence-corrected chi connectivity index (χ2v) is 6.95. The number of carbonyl (C=O) groups is 1. The number of benzene rings is 1. The summed E-state index contributed by atoms with van der Waals surface area (Å²) in [7, 11) is 0. The fourth-order valence-corrected chi connectivity index (χ4v) is 3.72. The molecule has 1 N–H and O–H groups in total. The van der Waals surface area contributed by atoms with Gasteiger partial charge in [0.1, 0.15) is 0 Å². The van der Waals surface area contributed by atoms with Crippen molar-refractivity contribution >= 4 is 34.3 Å². The van der Waals surface area contributed by atoms with E-state index in [1.54, 1.807) is 18.6 Å². The summed E-state index contributed by atoms with van der Waals surface area (Å²) in [6.07, 6.45) is 5.17. The van der Waals surface area contributed by atoms with E-state index in [0.29, 0.717) is 17.4 Å². The first-order valence-electron chi connectivity index (χ1n) is 8.86. The van der Waals surface area contributed by atoms with Crippen LogP contribution in [-0.4, -0.2) is 36.4 Å². The molecule has 4 rings (SSSR count). The quantitative estimate of drug-likeness (QED) is 0.506. The lowest BCUT2D eigenvalue weighted by molar-refractivity contribution is -0.113. The number of nitrogens with zero attached hydrogens (tertiary/aromatic N) is 5. The zero-order valence-electron chi connectivity index (χ0n) is 15.2. The lowest BCUT2D eigenvalue weighted by Gasteiger charge is -2.09. The molecule has 28 heavy (non-hydrogen) atoms.